The number of hydrogen-bond donors (Lipinski definition) is 2. The molecule has 0 spiro atoms. The van der Waals surface area contributed by atoms with Gasteiger partial charge >= 0.3 is 5.97 Å². The van der Waals surface area contributed by atoms with Gasteiger partial charge in [0, 0.05) is 13.0 Å². The number of rotatable bonds is 14. The van der Waals surface area contributed by atoms with Crippen molar-refractivity contribution >= 4 is 5.97 Å². The van der Waals surface area contributed by atoms with Crippen LogP contribution < -0.4 is 0 Å². The van der Waals surface area contributed by atoms with Crippen LogP contribution in [0.5, 0.6) is 0 Å². The Morgan fingerprint density at radius 3 is 1.52 bits per heavy atom. The number of aliphatic hydroxyl groups excluding tert-OH is 1. The van der Waals surface area contributed by atoms with E-state index in [4.69, 9.17) is 10.2 Å². The maximum atomic E-state index is 10.3. The Morgan fingerprint density at radius 1 is 0.870 bits per heavy atom. The predicted molar refractivity (Wildman–Crippen MR) is 98.9 cm³/mol. The molecule has 140 valence electrons. The summed E-state index contributed by atoms with van der Waals surface area (Å²) in [6.07, 6.45) is 14.2. The van der Waals surface area contributed by atoms with Crippen molar-refractivity contribution in [1.82, 2.24) is 4.90 Å². The minimum Gasteiger partial charge on any atom is -0.481 e. The summed E-state index contributed by atoms with van der Waals surface area (Å²) in [7, 11) is 3.87. The Morgan fingerprint density at radius 2 is 1.26 bits per heavy atom. The molecule has 0 aliphatic rings. The molecule has 2 N–H and O–H groups in total. The first kappa shape index (κ1) is 24.6. The summed E-state index contributed by atoms with van der Waals surface area (Å²) in [5, 5.41) is 17.1. The molecule has 1 atom stereocenters. The molecule has 0 aromatic rings. The first-order valence-electron chi connectivity index (χ1n) is 9.44. The van der Waals surface area contributed by atoms with Gasteiger partial charge in [0.15, 0.2) is 0 Å². The number of unbranched alkanes of at least 4 members (excludes halogenated alkanes) is 10. The lowest BCUT2D eigenvalue weighted by molar-refractivity contribution is -0.137. The van der Waals surface area contributed by atoms with E-state index in [9.17, 15) is 4.79 Å². The van der Waals surface area contributed by atoms with Crippen LogP contribution in [0.4, 0.5) is 0 Å². The van der Waals surface area contributed by atoms with E-state index in [1.807, 2.05) is 19.0 Å². The van der Waals surface area contributed by atoms with E-state index in [1.165, 1.54) is 57.8 Å². The van der Waals surface area contributed by atoms with Crippen molar-refractivity contribution < 1.29 is 15.0 Å². The molecule has 0 aromatic heterocycles. The van der Waals surface area contributed by atoms with Crippen molar-refractivity contribution in [1.29, 1.82) is 0 Å². The highest BCUT2D eigenvalue weighted by molar-refractivity contribution is 5.66. The molecule has 4 nitrogen and oxygen atoms in total. The van der Waals surface area contributed by atoms with Crippen LogP contribution in [-0.2, 0) is 4.79 Å². The summed E-state index contributed by atoms with van der Waals surface area (Å²) in [5.41, 5.74) is 0. The van der Waals surface area contributed by atoms with Gasteiger partial charge in [0.25, 0.3) is 0 Å². The zero-order valence-electron chi connectivity index (χ0n) is 16.0. The van der Waals surface area contributed by atoms with Gasteiger partial charge in [-0.25, -0.2) is 0 Å². The number of hydrogen-bond acceptors (Lipinski definition) is 3. The lowest BCUT2D eigenvalue weighted by atomic mass is 10.1. The van der Waals surface area contributed by atoms with E-state index in [-0.39, 0.29) is 6.10 Å². The summed E-state index contributed by atoms with van der Waals surface area (Å²) in [6.45, 7) is 4.77. The van der Waals surface area contributed by atoms with Crippen LogP contribution in [0.15, 0.2) is 0 Å². The Kier molecular flexibility index (Phi) is 20.8. The second-order valence-corrected chi connectivity index (χ2v) is 6.79. The molecule has 0 amide bonds. The average molecular weight is 332 g/mol. The Balaban J connectivity index is 0. The molecule has 0 rings (SSSR count). The third-order valence-electron chi connectivity index (χ3n) is 3.62. The molecule has 0 aliphatic heterocycles. The zero-order valence-corrected chi connectivity index (χ0v) is 16.0. The monoisotopic (exact) mass is 331 g/mol. The number of aliphatic carboxylic acids is 1. The zero-order chi connectivity index (χ0) is 17.9. The smallest absolute Gasteiger partial charge is 0.303 e. The van der Waals surface area contributed by atoms with Gasteiger partial charge in [0.05, 0.1) is 6.10 Å². The molecule has 23 heavy (non-hydrogen) atoms. The molecule has 0 fully saturated rings. The number of carboxylic acid groups (broad SMARTS) is 1. The molecule has 1 unspecified atom stereocenters. The van der Waals surface area contributed by atoms with Crippen LogP contribution in [0.25, 0.3) is 0 Å². The minimum absolute atomic E-state index is 0.199. The molecule has 0 radical (unpaired) electrons. The highest BCUT2D eigenvalue weighted by Gasteiger charge is 1.96. The van der Waals surface area contributed by atoms with Crippen LogP contribution >= 0.6 is 0 Å². The number of aliphatic hydroxyl groups is 1. The minimum atomic E-state index is -0.657. The first-order valence-corrected chi connectivity index (χ1v) is 9.44. The molecule has 0 bridgehead atoms. The van der Waals surface area contributed by atoms with Crippen molar-refractivity contribution in [3.8, 4) is 0 Å². The molecule has 0 heterocycles. The van der Waals surface area contributed by atoms with Crippen molar-refractivity contribution in [3.63, 3.8) is 0 Å². The Bertz CT molecular complexity index is 237. The molecule has 0 aliphatic carbocycles. The fourth-order valence-electron chi connectivity index (χ4n) is 2.47. The largest absolute Gasteiger partial charge is 0.481 e. The molecule has 4 heteroatoms. The topological polar surface area (TPSA) is 60.8 Å². The van der Waals surface area contributed by atoms with Crippen LogP contribution in [0.3, 0.4) is 0 Å². The third-order valence-corrected chi connectivity index (χ3v) is 3.62. The molecular weight excluding hydrogens is 290 g/mol. The number of carbonyl (C=O) groups is 1. The van der Waals surface area contributed by atoms with Crippen molar-refractivity contribution in [3.05, 3.63) is 0 Å². The van der Waals surface area contributed by atoms with E-state index in [0.29, 0.717) is 6.42 Å². The summed E-state index contributed by atoms with van der Waals surface area (Å²) < 4.78 is 0. The summed E-state index contributed by atoms with van der Waals surface area (Å²) in [5.74, 6) is -0.657. The highest BCUT2D eigenvalue weighted by atomic mass is 16.4. The van der Waals surface area contributed by atoms with Crippen LogP contribution in [0, 0.1) is 0 Å². The predicted octanol–water partition coefficient (Wildman–Crippen LogP) is 4.70. The van der Waals surface area contributed by atoms with Gasteiger partial charge in [-0.2, -0.15) is 0 Å². The number of likely N-dealkylation sites (N-methyl/N-ethyl adjacent to an activating group) is 1. The van der Waals surface area contributed by atoms with E-state index in [0.717, 1.165) is 19.4 Å². The first-order chi connectivity index (χ1) is 10.9. The SMILES string of the molecule is CC(O)CN(C)C.CCCCCCCCCCCCCC(=O)O. The second-order valence-electron chi connectivity index (χ2n) is 6.79. The standard InChI is InChI=1S/C14H28O2.C5H13NO/c1-2-3-4-5-6-7-8-9-10-11-12-13-14(15)16;1-5(7)4-6(2)3/h2-13H2,1H3,(H,15,16);5,7H,4H2,1-3H3. The maximum Gasteiger partial charge on any atom is 0.303 e. The van der Waals surface area contributed by atoms with Crippen molar-refractivity contribution in [2.45, 2.75) is 97.0 Å². The van der Waals surface area contributed by atoms with E-state index >= 15 is 0 Å². The van der Waals surface area contributed by atoms with E-state index in [1.54, 1.807) is 6.92 Å². The Hall–Kier alpha value is -0.610. The number of nitrogens with zero attached hydrogens (tertiary/aromatic N) is 1. The molecule has 0 saturated heterocycles. The van der Waals surface area contributed by atoms with E-state index in [2.05, 4.69) is 6.92 Å². The van der Waals surface area contributed by atoms with Gasteiger partial charge in [-0.05, 0) is 27.4 Å². The lowest BCUT2D eigenvalue weighted by Crippen LogP contribution is -2.22. The fourth-order valence-corrected chi connectivity index (χ4v) is 2.47. The average Bonchev–Trinajstić information content (AvgIpc) is 2.43. The lowest BCUT2D eigenvalue weighted by Gasteiger charge is -2.10. The highest BCUT2D eigenvalue weighted by Crippen LogP contribution is 2.11. The molecule has 0 saturated carbocycles. The molecule has 0 aromatic carbocycles. The fraction of sp³-hybridized carbons (Fsp3) is 0.947. The summed E-state index contributed by atoms with van der Waals surface area (Å²) in [6, 6.07) is 0. The summed E-state index contributed by atoms with van der Waals surface area (Å²) in [4.78, 5) is 12.2. The Labute approximate surface area is 144 Å². The normalized spacial score (nSPS) is 11.9. The molecular formula is C19H41NO3. The number of carboxylic acids is 1. The van der Waals surface area contributed by atoms with Crippen LogP contribution in [-0.4, -0.2) is 47.8 Å². The van der Waals surface area contributed by atoms with E-state index < -0.39 is 5.97 Å². The summed E-state index contributed by atoms with van der Waals surface area (Å²) >= 11 is 0. The van der Waals surface area contributed by atoms with Gasteiger partial charge in [-0.3, -0.25) is 4.79 Å². The van der Waals surface area contributed by atoms with Crippen molar-refractivity contribution in [2.75, 3.05) is 20.6 Å². The van der Waals surface area contributed by atoms with Crippen molar-refractivity contribution in [2.24, 2.45) is 0 Å². The van der Waals surface area contributed by atoms with Crippen LogP contribution in [0.2, 0.25) is 0 Å². The van der Waals surface area contributed by atoms with Gasteiger partial charge < -0.3 is 15.1 Å². The van der Waals surface area contributed by atoms with Gasteiger partial charge in [0.1, 0.15) is 0 Å². The van der Waals surface area contributed by atoms with Crippen LogP contribution in [0.1, 0.15) is 90.9 Å². The quantitative estimate of drug-likeness (QED) is 0.453. The third kappa shape index (κ3) is 29.9. The second kappa shape index (κ2) is 19.4. The van der Waals surface area contributed by atoms with Gasteiger partial charge in [0.2, 0.25) is 0 Å². The van der Waals surface area contributed by atoms with Gasteiger partial charge in [-0.15, -0.1) is 0 Å². The maximum absolute atomic E-state index is 10.3. The van der Waals surface area contributed by atoms with Gasteiger partial charge in [-0.1, -0.05) is 71.1 Å².